The fourth-order valence-electron chi connectivity index (χ4n) is 1.08. The Bertz CT molecular complexity index is 444. The highest BCUT2D eigenvalue weighted by atomic mass is 32.1. The molecule has 2 rings (SSSR count). The molecule has 0 fully saturated rings. The largest absolute Gasteiger partial charge is 0.265 e. The van der Waals surface area contributed by atoms with Crippen molar-refractivity contribution in [2.24, 2.45) is 4.99 Å². The number of aliphatic imine (C=N–C) groups is 1. The molecule has 0 radical (unpaired) electrons. The Labute approximate surface area is 92.6 Å². The van der Waals surface area contributed by atoms with Crippen molar-refractivity contribution in [3.63, 3.8) is 0 Å². The minimum absolute atomic E-state index is 1.06. The molecule has 0 atom stereocenters. The average Bonchev–Trinajstić information content (AvgIpc) is 2.79. The summed E-state index contributed by atoms with van der Waals surface area (Å²) in [5, 5.41) is 2.05. The van der Waals surface area contributed by atoms with Gasteiger partial charge in [-0.3, -0.25) is 9.98 Å². The highest BCUT2D eigenvalue weighted by Crippen LogP contribution is 2.09. The van der Waals surface area contributed by atoms with Gasteiger partial charge in [0.2, 0.25) is 0 Å². The second-order valence-corrected chi connectivity index (χ2v) is 3.87. The van der Waals surface area contributed by atoms with Crippen LogP contribution in [0.2, 0.25) is 0 Å². The molecule has 0 aliphatic carbocycles. The molecule has 2 heterocycles. The Morgan fingerprint density at radius 3 is 2.80 bits per heavy atom. The lowest BCUT2D eigenvalue weighted by molar-refractivity contribution is 1.32. The summed E-state index contributed by atoms with van der Waals surface area (Å²) in [6.45, 7) is 0. The highest BCUT2D eigenvalue weighted by Gasteiger charge is 1.84. The van der Waals surface area contributed by atoms with Gasteiger partial charge in [0.05, 0.1) is 0 Å². The first kappa shape index (κ1) is 9.80. The predicted molar refractivity (Wildman–Crippen MR) is 65.2 cm³/mol. The molecule has 0 bridgehead atoms. The Morgan fingerprint density at radius 2 is 2.07 bits per heavy atom. The van der Waals surface area contributed by atoms with Gasteiger partial charge in [0.1, 0.15) is 0 Å². The number of pyridine rings is 1. The van der Waals surface area contributed by atoms with Gasteiger partial charge < -0.3 is 0 Å². The van der Waals surface area contributed by atoms with E-state index >= 15 is 0 Å². The van der Waals surface area contributed by atoms with Gasteiger partial charge in [-0.25, -0.2) is 0 Å². The number of rotatable bonds is 3. The molecular weight excluding hydrogens is 204 g/mol. The van der Waals surface area contributed by atoms with E-state index < -0.39 is 0 Å². The first-order valence-corrected chi connectivity index (χ1v) is 5.46. The summed E-state index contributed by atoms with van der Waals surface area (Å²) in [7, 11) is 0. The van der Waals surface area contributed by atoms with Gasteiger partial charge in [-0.2, -0.15) is 0 Å². The van der Waals surface area contributed by atoms with Crippen LogP contribution >= 0.6 is 11.3 Å². The van der Waals surface area contributed by atoms with E-state index in [0.29, 0.717) is 0 Å². The summed E-state index contributed by atoms with van der Waals surface area (Å²) in [6, 6.07) is 7.92. The molecule has 2 nitrogen and oxygen atoms in total. The monoisotopic (exact) mass is 214 g/mol. The molecule has 0 spiro atoms. The van der Waals surface area contributed by atoms with Gasteiger partial charge >= 0.3 is 0 Å². The third-order valence-electron chi connectivity index (χ3n) is 1.80. The standard InChI is InChI=1S/C12H10N2S/c1-2-12(15-9-1)5-8-14-10-11-3-6-13-7-4-11/h1-10H/b8-5+,14-10+. The predicted octanol–water partition coefficient (Wildman–Crippen LogP) is 3.23. The van der Waals surface area contributed by atoms with Crippen LogP contribution in [-0.4, -0.2) is 11.2 Å². The van der Waals surface area contributed by atoms with Crippen LogP contribution in [-0.2, 0) is 0 Å². The van der Waals surface area contributed by atoms with Crippen LogP contribution in [0.4, 0.5) is 0 Å². The fraction of sp³-hybridized carbons (Fsp3) is 0. The third-order valence-corrected chi connectivity index (χ3v) is 2.64. The maximum atomic E-state index is 4.19. The van der Waals surface area contributed by atoms with Crippen molar-refractivity contribution in [1.82, 2.24) is 4.98 Å². The lowest BCUT2D eigenvalue weighted by atomic mass is 10.3. The number of hydrogen-bond donors (Lipinski definition) is 0. The molecule has 0 N–H and O–H groups in total. The van der Waals surface area contributed by atoms with Crippen molar-refractivity contribution < 1.29 is 0 Å². The fourth-order valence-corrected chi connectivity index (χ4v) is 1.69. The molecule has 0 amide bonds. The van der Waals surface area contributed by atoms with Gasteiger partial charge in [-0.05, 0) is 35.2 Å². The smallest absolute Gasteiger partial charge is 0.0341 e. The summed E-state index contributed by atoms with van der Waals surface area (Å²) in [5.74, 6) is 0. The lowest BCUT2D eigenvalue weighted by Gasteiger charge is -1.87. The molecule has 0 aliphatic heterocycles. The maximum Gasteiger partial charge on any atom is 0.0341 e. The second kappa shape index (κ2) is 5.22. The molecule has 74 valence electrons. The first-order chi connectivity index (χ1) is 7.45. The van der Waals surface area contributed by atoms with E-state index in [9.17, 15) is 0 Å². The summed E-state index contributed by atoms with van der Waals surface area (Å²) < 4.78 is 0. The lowest BCUT2D eigenvalue weighted by Crippen LogP contribution is -1.78. The van der Waals surface area contributed by atoms with Gasteiger partial charge in [0.25, 0.3) is 0 Å². The Morgan fingerprint density at radius 1 is 1.20 bits per heavy atom. The topological polar surface area (TPSA) is 25.2 Å². The maximum absolute atomic E-state index is 4.19. The van der Waals surface area contributed by atoms with Crippen molar-refractivity contribution in [2.45, 2.75) is 0 Å². The van der Waals surface area contributed by atoms with Crippen molar-refractivity contribution >= 4 is 23.6 Å². The number of hydrogen-bond acceptors (Lipinski definition) is 3. The first-order valence-electron chi connectivity index (χ1n) is 4.58. The van der Waals surface area contributed by atoms with Crippen molar-refractivity contribution in [2.75, 3.05) is 0 Å². The summed E-state index contributed by atoms with van der Waals surface area (Å²) in [5.41, 5.74) is 1.06. The van der Waals surface area contributed by atoms with Crippen LogP contribution < -0.4 is 0 Å². The Balaban J connectivity index is 1.96. The molecule has 2 aromatic heterocycles. The molecule has 2 aromatic rings. The average molecular weight is 214 g/mol. The van der Waals surface area contributed by atoms with Gasteiger partial charge in [-0.15, -0.1) is 11.3 Å². The van der Waals surface area contributed by atoms with Crippen LogP contribution in [0.1, 0.15) is 10.4 Å². The minimum atomic E-state index is 1.06. The Hall–Kier alpha value is -1.74. The zero-order chi connectivity index (χ0) is 10.3. The van der Waals surface area contributed by atoms with Crippen LogP contribution in [0.5, 0.6) is 0 Å². The molecule has 0 saturated carbocycles. The van der Waals surface area contributed by atoms with E-state index in [1.807, 2.05) is 35.9 Å². The molecule has 0 aromatic carbocycles. The van der Waals surface area contributed by atoms with Crippen LogP contribution in [0.3, 0.4) is 0 Å². The normalized spacial score (nSPS) is 11.5. The van der Waals surface area contributed by atoms with Crippen LogP contribution in [0, 0.1) is 0 Å². The van der Waals surface area contributed by atoms with Crippen molar-refractivity contribution in [3.8, 4) is 0 Å². The van der Waals surface area contributed by atoms with Gasteiger partial charge in [0, 0.05) is 29.7 Å². The summed E-state index contributed by atoms with van der Waals surface area (Å²) in [4.78, 5) is 9.34. The molecule has 15 heavy (non-hydrogen) atoms. The minimum Gasteiger partial charge on any atom is -0.265 e. The van der Waals surface area contributed by atoms with Crippen LogP contribution in [0.15, 0.2) is 53.2 Å². The molecule has 0 saturated heterocycles. The Kier molecular flexibility index (Phi) is 3.41. The molecule has 3 heteroatoms. The van der Waals surface area contributed by atoms with Crippen molar-refractivity contribution in [3.05, 3.63) is 58.7 Å². The van der Waals surface area contributed by atoms with Crippen LogP contribution in [0.25, 0.3) is 6.08 Å². The molecule has 0 unspecified atom stereocenters. The molecular formula is C12H10N2S. The summed E-state index contributed by atoms with van der Waals surface area (Å²) >= 11 is 1.70. The molecule has 0 aliphatic rings. The number of thiophene rings is 1. The quantitative estimate of drug-likeness (QED) is 0.720. The summed E-state index contributed by atoms with van der Waals surface area (Å²) in [6.07, 6.45) is 9.11. The van der Waals surface area contributed by atoms with Gasteiger partial charge in [0.15, 0.2) is 0 Å². The van der Waals surface area contributed by atoms with E-state index in [1.54, 1.807) is 29.9 Å². The third kappa shape index (κ3) is 3.14. The van der Waals surface area contributed by atoms with E-state index in [4.69, 9.17) is 0 Å². The van der Waals surface area contributed by atoms with E-state index in [-0.39, 0.29) is 0 Å². The zero-order valence-corrected chi connectivity index (χ0v) is 8.89. The highest BCUT2D eigenvalue weighted by molar-refractivity contribution is 7.10. The van der Waals surface area contributed by atoms with Crippen molar-refractivity contribution in [1.29, 1.82) is 0 Å². The van der Waals surface area contributed by atoms with E-state index in [0.717, 1.165) is 5.56 Å². The SMILES string of the molecule is C(=C\c1cccs1)/N=C/c1ccncc1. The second-order valence-electron chi connectivity index (χ2n) is 2.89. The zero-order valence-electron chi connectivity index (χ0n) is 8.08. The number of aromatic nitrogens is 1. The van der Waals surface area contributed by atoms with E-state index in [1.165, 1.54) is 4.88 Å². The van der Waals surface area contributed by atoms with E-state index in [2.05, 4.69) is 16.0 Å². The number of nitrogens with zero attached hydrogens (tertiary/aromatic N) is 2. The van der Waals surface area contributed by atoms with Gasteiger partial charge in [-0.1, -0.05) is 6.07 Å².